The van der Waals surface area contributed by atoms with Crippen LogP contribution in [0, 0.1) is 0 Å². The van der Waals surface area contributed by atoms with Gasteiger partial charge < -0.3 is 10.8 Å². The molecule has 2 heterocycles. The van der Waals surface area contributed by atoms with E-state index in [1.54, 1.807) is 0 Å². The highest BCUT2D eigenvalue weighted by molar-refractivity contribution is 5.16. The van der Waals surface area contributed by atoms with Crippen molar-refractivity contribution >= 4 is 0 Å². The molecule has 4 nitrogen and oxygen atoms in total. The number of aromatic nitrogens is 1. The number of aliphatic hydroxyl groups excluding tert-OH is 1. The lowest BCUT2D eigenvalue weighted by atomic mass is 10.1. The molecule has 2 rings (SSSR count). The van der Waals surface area contributed by atoms with Crippen molar-refractivity contribution in [2.45, 2.75) is 44.8 Å². The average Bonchev–Trinajstić information content (AvgIpc) is 2.84. The fourth-order valence-electron chi connectivity index (χ4n) is 2.73. The number of likely N-dealkylation sites (tertiary alicyclic amines) is 1. The molecule has 0 aliphatic carbocycles. The van der Waals surface area contributed by atoms with Crippen LogP contribution in [-0.2, 0) is 13.1 Å². The summed E-state index contributed by atoms with van der Waals surface area (Å²) < 4.78 is 0. The van der Waals surface area contributed by atoms with Gasteiger partial charge in [0.15, 0.2) is 0 Å². The molecule has 0 amide bonds. The van der Waals surface area contributed by atoms with Crippen molar-refractivity contribution in [3.8, 4) is 0 Å². The normalized spacial score (nSPS) is 20.4. The molecule has 4 heteroatoms. The molecule has 1 saturated heterocycles. The van der Waals surface area contributed by atoms with Gasteiger partial charge in [-0.3, -0.25) is 9.88 Å². The van der Waals surface area contributed by atoms with Gasteiger partial charge in [0.1, 0.15) is 0 Å². The van der Waals surface area contributed by atoms with Crippen LogP contribution in [0.15, 0.2) is 18.3 Å². The Bertz CT molecular complexity index is 370. The van der Waals surface area contributed by atoms with E-state index in [4.69, 9.17) is 10.8 Å². The minimum atomic E-state index is 0.302. The third-order valence-electron chi connectivity index (χ3n) is 3.67. The van der Waals surface area contributed by atoms with Crippen LogP contribution in [-0.4, -0.2) is 34.2 Å². The maximum Gasteiger partial charge on any atom is 0.0542 e. The predicted molar refractivity (Wildman–Crippen MR) is 71.9 cm³/mol. The summed E-state index contributed by atoms with van der Waals surface area (Å²) in [4.78, 5) is 6.74. The molecule has 3 N–H and O–H groups in total. The summed E-state index contributed by atoms with van der Waals surface area (Å²) in [6.07, 6.45) is 6.38. The van der Waals surface area contributed by atoms with E-state index in [0.717, 1.165) is 31.6 Å². The van der Waals surface area contributed by atoms with Crippen LogP contribution in [0.3, 0.4) is 0 Å². The summed E-state index contributed by atoms with van der Waals surface area (Å²) >= 11 is 0. The molecule has 1 aliphatic rings. The van der Waals surface area contributed by atoms with E-state index in [1.165, 1.54) is 18.4 Å². The van der Waals surface area contributed by atoms with Crippen LogP contribution < -0.4 is 5.73 Å². The Kier molecular flexibility index (Phi) is 5.11. The first-order valence-corrected chi connectivity index (χ1v) is 6.82. The second-order valence-electron chi connectivity index (χ2n) is 4.99. The van der Waals surface area contributed by atoms with E-state index in [0.29, 0.717) is 19.2 Å². The van der Waals surface area contributed by atoms with Gasteiger partial charge in [-0.15, -0.1) is 0 Å². The van der Waals surface area contributed by atoms with Crippen LogP contribution in [0.2, 0.25) is 0 Å². The lowest BCUT2D eigenvalue weighted by Crippen LogP contribution is -2.29. The first kappa shape index (κ1) is 13.5. The summed E-state index contributed by atoms with van der Waals surface area (Å²) in [5.74, 6) is 0. The number of nitrogens with two attached hydrogens (primary N) is 1. The maximum absolute atomic E-state index is 8.93. The largest absolute Gasteiger partial charge is 0.396 e. The summed E-state index contributed by atoms with van der Waals surface area (Å²) in [6.45, 7) is 2.95. The third-order valence-corrected chi connectivity index (χ3v) is 3.67. The predicted octanol–water partition coefficient (Wildman–Crippen LogP) is 1.28. The second kappa shape index (κ2) is 6.83. The monoisotopic (exact) mass is 249 g/mol. The van der Waals surface area contributed by atoms with Crippen LogP contribution in [0.4, 0.5) is 0 Å². The Labute approximate surface area is 109 Å². The van der Waals surface area contributed by atoms with Gasteiger partial charge in [-0.2, -0.15) is 0 Å². The van der Waals surface area contributed by atoms with Gasteiger partial charge in [0, 0.05) is 31.9 Å². The van der Waals surface area contributed by atoms with Gasteiger partial charge in [0.25, 0.3) is 0 Å². The summed E-state index contributed by atoms with van der Waals surface area (Å²) in [5, 5.41) is 8.93. The number of hydrogen-bond donors (Lipinski definition) is 2. The molecule has 100 valence electrons. The molecule has 0 aromatic carbocycles. The molecule has 0 radical (unpaired) electrons. The van der Waals surface area contributed by atoms with Crippen molar-refractivity contribution in [3.05, 3.63) is 29.6 Å². The van der Waals surface area contributed by atoms with E-state index < -0.39 is 0 Å². The standard InChI is InChI=1S/C14H23N3O/c15-10-13-9-12(5-6-16-13)11-17-7-1-3-14(17)4-2-8-18/h5-6,9,14,18H,1-4,7-8,10-11,15H2. The summed E-state index contributed by atoms with van der Waals surface area (Å²) in [7, 11) is 0. The van der Waals surface area contributed by atoms with E-state index in [1.807, 2.05) is 6.20 Å². The maximum atomic E-state index is 8.93. The smallest absolute Gasteiger partial charge is 0.0542 e. The highest BCUT2D eigenvalue weighted by Gasteiger charge is 2.23. The molecule has 1 atom stereocenters. The topological polar surface area (TPSA) is 62.4 Å². The van der Waals surface area contributed by atoms with E-state index >= 15 is 0 Å². The van der Waals surface area contributed by atoms with Gasteiger partial charge in [-0.05, 0) is 49.9 Å². The minimum absolute atomic E-state index is 0.302. The fourth-order valence-corrected chi connectivity index (χ4v) is 2.73. The zero-order chi connectivity index (χ0) is 12.8. The second-order valence-corrected chi connectivity index (χ2v) is 4.99. The van der Waals surface area contributed by atoms with Crippen molar-refractivity contribution in [1.29, 1.82) is 0 Å². The Morgan fingerprint density at radius 2 is 2.39 bits per heavy atom. The highest BCUT2D eigenvalue weighted by Crippen LogP contribution is 2.23. The van der Waals surface area contributed by atoms with Crippen LogP contribution in [0.5, 0.6) is 0 Å². The molecular weight excluding hydrogens is 226 g/mol. The first-order valence-electron chi connectivity index (χ1n) is 6.82. The van der Waals surface area contributed by atoms with Crippen molar-refractivity contribution < 1.29 is 5.11 Å². The summed E-state index contributed by atoms with van der Waals surface area (Å²) in [6, 6.07) is 4.80. The molecule has 1 unspecified atom stereocenters. The first-order chi connectivity index (χ1) is 8.83. The lowest BCUT2D eigenvalue weighted by molar-refractivity contribution is 0.210. The molecule has 18 heavy (non-hydrogen) atoms. The number of nitrogens with zero attached hydrogens (tertiary/aromatic N) is 2. The fraction of sp³-hybridized carbons (Fsp3) is 0.643. The van der Waals surface area contributed by atoms with Crippen molar-refractivity contribution in [1.82, 2.24) is 9.88 Å². The van der Waals surface area contributed by atoms with Gasteiger partial charge in [-0.25, -0.2) is 0 Å². The van der Waals surface area contributed by atoms with Crippen LogP contribution in [0.1, 0.15) is 36.9 Å². The molecule has 1 fully saturated rings. The molecular formula is C14H23N3O. The average molecular weight is 249 g/mol. The Hall–Kier alpha value is -0.970. The number of hydrogen-bond acceptors (Lipinski definition) is 4. The molecule has 0 saturated carbocycles. The highest BCUT2D eigenvalue weighted by atomic mass is 16.2. The number of aliphatic hydroxyl groups is 1. The van der Waals surface area contributed by atoms with E-state index in [2.05, 4.69) is 22.0 Å². The van der Waals surface area contributed by atoms with Gasteiger partial charge in [0.05, 0.1) is 5.69 Å². The van der Waals surface area contributed by atoms with Gasteiger partial charge in [0.2, 0.25) is 0 Å². The van der Waals surface area contributed by atoms with Crippen molar-refractivity contribution in [3.63, 3.8) is 0 Å². The van der Waals surface area contributed by atoms with Gasteiger partial charge in [-0.1, -0.05) is 0 Å². The Balaban J connectivity index is 1.94. The SMILES string of the molecule is NCc1cc(CN2CCCC2CCCO)ccn1. The Morgan fingerprint density at radius 1 is 1.50 bits per heavy atom. The Morgan fingerprint density at radius 3 is 3.17 bits per heavy atom. The molecule has 0 bridgehead atoms. The number of pyridine rings is 1. The minimum Gasteiger partial charge on any atom is -0.396 e. The lowest BCUT2D eigenvalue weighted by Gasteiger charge is -2.24. The zero-order valence-corrected chi connectivity index (χ0v) is 10.9. The quantitative estimate of drug-likeness (QED) is 0.797. The molecule has 1 aliphatic heterocycles. The van der Waals surface area contributed by atoms with Crippen LogP contribution >= 0.6 is 0 Å². The van der Waals surface area contributed by atoms with Crippen LogP contribution in [0.25, 0.3) is 0 Å². The zero-order valence-electron chi connectivity index (χ0n) is 10.9. The van der Waals surface area contributed by atoms with Crippen molar-refractivity contribution in [2.75, 3.05) is 13.2 Å². The van der Waals surface area contributed by atoms with E-state index in [9.17, 15) is 0 Å². The molecule has 1 aromatic rings. The van der Waals surface area contributed by atoms with Gasteiger partial charge >= 0.3 is 0 Å². The number of rotatable bonds is 6. The third kappa shape index (κ3) is 3.51. The summed E-state index contributed by atoms with van der Waals surface area (Å²) in [5.41, 5.74) is 7.87. The van der Waals surface area contributed by atoms with Crippen molar-refractivity contribution in [2.24, 2.45) is 5.73 Å². The molecule has 1 aromatic heterocycles. The van der Waals surface area contributed by atoms with E-state index in [-0.39, 0.29) is 0 Å². The molecule has 0 spiro atoms.